The molecule has 0 spiro atoms. The summed E-state index contributed by atoms with van der Waals surface area (Å²) in [6.07, 6.45) is 0. The maximum absolute atomic E-state index is 13.5. The molecule has 0 aromatic heterocycles. The van der Waals surface area contributed by atoms with Crippen molar-refractivity contribution in [3.8, 4) is 11.5 Å². The van der Waals surface area contributed by atoms with E-state index in [0.717, 1.165) is 12.1 Å². The minimum Gasteiger partial charge on any atom is -0.486 e. The van der Waals surface area contributed by atoms with Gasteiger partial charge < -0.3 is 9.47 Å². The van der Waals surface area contributed by atoms with Gasteiger partial charge in [0, 0.05) is 5.56 Å². The Morgan fingerprint density at radius 3 is 2.36 bits per heavy atom. The first kappa shape index (κ1) is 17.3. The van der Waals surface area contributed by atoms with Crippen molar-refractivity contribution in [2.75, 3.05) is 13.2 Å². The topological polar surface area (TPSA) is 76.7 Å². The highest BCUT2D eigenvalue weighted by molar-refractivity contribution is 6.36. The van der Waals surface area contributed by atoms with Gasteiger partial charge in [-0.05, 0) is 30.3 Å². The Morgan fingerprint density at radius 1 is 0.920 bits per heavy atom. The molecule has 1 heterocycles. The number of halogens is 3. The minimum atomic E-state index is -0.797. The van der Waals surface area contributed by atoms with E-state index in [1.165, 1.54) is 12.1 Å². The number of hydrogen-bond acceptors (Lipinski definition) is 4. The molecule has 1 aliphatic rings. The molecule has 0 fully saturated rings. The Labute approximate surface area is 151 Å². The largest absolute Gasteiger partial charge is 0.486 e. The maximum Gasteiger partial charge on any atom is 0.271 e. The Hall–Kier alpha value is -2.51. The quantitative estimate of drug-likeness (QED) is 0.616. The molecule has 0 unspecified atom stereocenters. The molecule has 2 N–H and O–H groups in total. The van der Waals surface area contributed by atoms with Crippen molar-refractivity contribution in [2.24, 2.45) is 0 Å². The molecular weight excluding hydrogens is 374 g/mol. The van der Waals surface area contributed by atoms with E-state index < -0.39 is 17.6 Å². The van der Waals surface area contributed by atoms with E-state index in [-0.39, 0.29) is 21.2 Å². The number of amides is 2. The fraction of sp³-hybridized carbons (Fsp3) is 0.125. The zero-order chi connectivity index (χ0) is 18.0. The molecule has 0 aliphatic carbocycles. The van der Waals surface area contributed by atoms with Crippen LogP contribution in [0.25, 0.3) is 0 Å². The van der Waals surface area contributed by atoms with Gasteiger partial charge in [-0.15, -0.1) is 0 Å². The van der Waals surface area contributed by atoms with E-state index in [1.54, 1.807) is 6.07 Å². The summed E-state index contributed by atoms with van der Waals surface area (Å²) in [6, 6.07) is 6.59. The molecule has 6 nitrogen and oxygen atoms in total. The molecule has 9 heteroatoms. The lowest BCUT2D eigenvalue weighted by Gasteiger charge is -2.18. The molecule has 3 rings (SSSR count). The van der Waals surface area contributed by atoms with Gasteiger partial charge in [0.05, 0.1) is 15.6 Å². The monoisotopic (exact) mass is 384 g/mol. The van der Waals surface area contributed by atoms with Crippen molar-refractivity contribution in [3.05, 3.63) is 57.3 Å². The van der Waals surface area contributed by atoms with Crippen LogP contribution in [0.1, 0.15) is 20.7 Å². The van der Waals surface area contributed by atoms with Crippen molar-refractivity contribution in [1.29, 1.82) is 0 Å². The second kappa shape index (κ2) is 7.16. The number of carbonyl (C=O) groups is 2. The smallest absolute Gasteiger partial charge is 0.271 e. The molecule has 0 bridgehead atoms. The van der Waals surface area contributed by atoms with Gasteiger partial charge in [0.25, 0.3) is 11.8 Å². The third kappa shape index (κ3) is 3.78. The van der Waals surface area contributed by atoms with E-state index >= 15 is 0 Å². The van der Waals surface area contributed by atoms with Crippen molar-refractivity contribution in [1.82, 2.24) is 10.9 Å². The Kier molecular flexibility index (Phi) is 4.96. The molecule has 130 valence electrons. The Bertz CT molecular complexity index is 860. The van der Waals surface area contributed by atoms with E-state index in [4.69, 9.17) is 32.7 Å². The van der Waals surface area contributed by atoms with Gasteiger partial charge in [-0.2, -0.15) is 0 Å². The average Bonchev–Trinajstić information content (AvgIpc) is 2.62. The maximum atomic E-state index is 13.5. The van der Waals surface area contributed by atoms with Crippen LogP contribution in [-0.4, -0.2) is 25.0 Å². The average molecular weight is 385 g/mol. The molecule has 0 atom stereocenters. The van der Waals surface area contributed by atoms with Crippen molar-refractivity contribution >= 4 is 35.0 Å². The first-order valence-corrected chi connectivity index (χ1v) is 7.86. The third-order valence-electron chi connectivity index (χ3n) is 3.35. The van der Waals surface area contributed by atoms with Crippen LogP contribution in [-0.2, 0) is 0 Å². The van der Waals surface area contributed by atoms with Gasteiger partial charge in [-0.1, -0.05) is 23.2 Å². The summed E-state index contributed by atoms with van der Waals surface area (Å²) in [5.74, 6) is -1.19. The van der Waals surface area contributed by atoms with Crippen LogP contribution in [0.15, 0.2) is 30.3 Å². The lowest BCUT2D eigenvalue weighted by atomic mass is 10.2. The summed E-state index contributed by atoms with van der Waals surface area (Å²) in [5.41, 5.74) is 4.46. The zero-order valence-electron chi connectivity index (χ0n) is 12.6. The Morgan fingerprint density at radius 2 is 1.60 bits per heavy atom. The fourth-order valence-electron chi connectivity index (χ4n) is 2.13. The second-order valence-electron chi connectivity index (χ2n) is 5.01. The van der Waals surface area contributed by atoms with Gasteiger partial charge in [-0.3, -0.25) is 20.4 Å². The molecule has 0 saturated carbocycles. The van der Waals surface area contributed by atoms with Crippen LogP contribution in [0, 0.1) is 5.82 Å². The summed E-state index contributed by atoms with van der Waals surface area (Å²) < 4.78 is 24.2. The highest BCUT2D eigenvalue weighted by Gasteiger charge is 2.17. The van der Waals surface area contributed by atoms with Crippen molar-refractivity contribution in [2.45, 2.75) is 0 Å². The van der Waals surface area contributed by atoms with Crippen LogP contribution in [0.2, 0.25) is 10.0 Å². The van der Waals surface area contributed by atoms with Gasteiger partial charge in [0.1, 0.15) is 19.0 Å². The molecule has 2 aromatic rings. The van der Waals surface area contributed by atoms with Crippen LogP contribution in [0.3, 0.4) is 0 Å². The summed E-state index contributed by atoms with van der Waals surface area (Å²) in [6.45, 7) is 0.822. The van der Waals surface area contributed by atoms with E-state index in [0.29, 0.717) is 24.7 Å². The zero-order valence-corrected chi connectivity index (χ0v) is 14.1. The molecule has 0 saturated heterocycles. The summed E-state index contributed by atoms with van der Waals surface area (Å²) in [5, 5.41) is -0.251. The molecule has 2 amide bonds. The van der Waals surface area contributed by atoms with Gasteiger partial charge in [0.2, 0.25) is 0 Å². The number of fused-ring (bicyclic) bond motifs is 1. The van der Waals surface area contributed by atoms with E-state index in [2.05, 4.69) is 10.9 Å². The van der Waals surface area contributed by atoms with E-state index in [9.17, 15) is 14.0 Å². The normalized spacial score (nSPS) is 12.4. The predicted molar refractivity (Wildman–Crippen MR) is 88.8 cm³/mol. The van der Waals surface area contributed by atoms with Crippen LogP contribution in [0.5, 0.6) is 11.5 Å². The number of ether oxygens (including phenoxy) is 2. The lowest BCUT2D eigenvalue weighted by Crippen LogP contribution is -2.41. The van der Waals surface area contributed by atoms with Crippen LogP contribution < -0.4 is 20.3 Å². The molecule has 0 radical (unpaired) electrons. The lowest BCUT2D eigenvalue weighted by molar-refractivity contribution is 0.0846. The van der Waals surface area contributed by atoms with Gasteiger partial charge in [0.15, 0.2) is 11.5 Å². The number of rotatable bonds is 2. The molecular formula is C16H11Cl2FN2O4. The highest BCUT2D eigenvalue weighted by Crippen LogP contribution is 2.30. The van der Waals surface area contributed by atoms with E-state index in [1.807, 2.05) is 0 Å². The summed E-state index contributed by atoms with van der Waals surface area (Å²) >= 11 is 11.4. The minimum absolute atomic E-state index is 0.0440. The number of benzene rings is 2. The van der Waals surface area contributed by atoms with Crippen molar-refractivity contribution < 1.29 is 23.5 Å². The summed E-state index contributed by atoms with van der Waals surface area (Å²) in [7, 11) is 0. The van der Waals surface area contributed by atoms with Gasteiger partial charge in [-0.25, -0.2) is 4.39 Å². The SMILES string of the molecule is O=C(NNC(=O)c1cc(F)c(Cl)cc1Cl)c1ccc2c(c1)OCCO2. The molecule has 1 aliphatic heterocycles. The highest BCUT2D eigenvalue weighted by atomic mass is 35.5. The fourth-order valence-corrected chi connectivity index (χ4v) is 2.60. The third-order valence-corrected chi connectivity index (χ3v) is 3.95. The predicted octanol–water partition coefficient (Wildman–Crippen LogP) is 2.98. The number of hydrazine groups is 1. The summed E-state index contributed by atoms with van der Waals surface area (Å²) in [4.78, 5) is 24.2. The van der Waals surface area contributed by atoms with Crippen LogP contribution >= 0.6 is 23.2 Å². The molecule has 2 aromatic carbocycles. The number of hydrogen-bond donors (Lipinski definition) is 2. The Balaban J connectivity index is 1.68. The molecule has 25 heavy (non-hydrogen) atoms. The second-order valence-corrected chi connectivity index (χ2v) is 5.83. The van der Waals surface area contributed by atoms with Crippen LogP contribution in [0.4, 0.5) is 4.39 Å². The number of nitrogens with one attached hydrogen (secondary N) is 2. The first-order valence-electron chi connectivity index (χ1n) is 7.10. The first-order chi connectivity index (χ1) is 12.0. The van der Waals surface area contributed by atoms with Crippen molar-refractivity contribution in [3.63, 3.8) is 0 Å². The number of carbonyl (C=O) groups excluding carboxylic acids is 2. The standard InChI is InChI=1S/C16H11Cl2FN2O4/c17-10-7-11(18)12(19)6-9(10)16(23)21-20-15(22)8-1-2-13-14(5-8)25-4-3-24-13/h1-2,5-7H,3-4H2,(H,20,22)(H,21,23). The van der Waals surface area contributed by atoms with Gasteiger partial charge >= 0.3 is 0 Å².